The number of rotatable bonds is 4. The Morgan fingerprint density at radius 2 is 1.90 bits per heavy atom. The van der Waals surface area contributed by atoms with Crippen molar-refractivity contribution in [3.63, 3.8) is 0 Å². The van der Waals surface area contributed by atoms with Gasteiger partial charge < -0.3 is 5.73 Å². The summed E-state index contributed by atoms with van der Waals surface area (Å²) in [7, 11) is -3.86. The highest BCUT2D eigenvalue weighted by atomic mass is 79.9. The third kappa shape index (κ3) is 3.50. The Kier molecular flexibility index (Phi) is 4.14. The number of anilines is 2. The number of halogens is 1. The van der Waals surface area contributed by atoms with Crippen LogP contribution in [0.3, 0.4) is 0 Å². The summed E-state index contributed by atoms with van der Waals surface area (Å²) in [6, 6.07) is 9.70. The maximum absolute atomic E-state index is 12.2. The van der Waals surface area contributed by atoms with Gasteiger partial charge in [0.05, 0.1) is 20.0 Å². The molecule has 0 amide bonds. The number of hydrogen-bond acceptors (Lipinski definition) is 5. The Balaban J connectivity index is 2.37. The van der Waals surface area contributed by atoms with Gasteiger partial charge in [0.15, 0.2) is 0 Å². The lowest BCUT2D eigenvalue weighted by Crippen LogP contribution is -2.13. The summed E-state index contributed by atoms with van der Waals surface area (Å²) in [5, 5.41) is 10.8. The Morgan fingerprint density at radius 1 is 1.19 bits per heavy atom. The summed E-state index contributed by atoms with van der Waals surface area (Å²) >= 11 is 3.03. The summed E-state index contributed by atoms with van der Waals surface area (Å²) in [5.41, 5.74) is 5.71. The van der Waals surface area contributed by atoms with E-state index in [1.807, 2.05) is 0 Å². The number of benzene rings is 2. The molecule has 9 heteroatoms. The van der Waals surface area contributed by atoms with Crippen LogP contribution >= 0.6 is 15.9 Å². The van der Waals surface area contributed by atoms with E-state index in [1.54, 1.807) is 6.07 Å². The molecule has 0 fully saturated rings. The molecule has 0 spiro atoms. The van der Waals surface area contributed by atoms with E-state index in [9.17, 15) is 18.5 Å². The predicted molar refractivity (Wildman–Crippen MR) is 82.5 cm³/mol. The Morgan fingerprint density at radius 3 is 2.52 bits per heavy atom. The molecule has 3 N–H and O–H groups in total. The van der Waals surface area contributed by atoms with Crippen LogP contribution in [0.5, 0.6) is 0 Å². The van der Waals surface area contributed by atoms with Crippen molar-refractivity contribution in [1.82, 2.24) is 0 Å². The van der Waals surface area contributed by atoms with Crippen molar-refractivity contribution in [2.75, 3.05) is 10.5 Å². The van der Waals surface area contributed by atoms with Crippen molar-refractivity contribution in [1.29, 1.82) is 0 Å². The fourth-order valence-electron chi connectivity index (χ4n) is 1.61. The number of nitrogens with one attached hydrogen (secondary N) is 1. The van der Waals surface area contributed by atoms with Gasteiger partial charge in [-0.15, -0.1) is 0 Å². The fraction of sp³-hybridized carbons (Fsp3) is 0. The van der Waals surface area contributed by atoms with Gasteiger partial charge in [0.2, 0.25) is 0 Å². The smallest absolute Gasteiger partial charge is 0.285 e. The van der Waals surface area contributed by atoms with Crippen LogP contribution in [0.2, 0.25) is 0 Å². The van der Waals surface area contributed by atoms with Crippen molar-refractivity contribution in [2.24, 2.45) is 0 Å². The molecule has 0 bridgehead atoms. The molecule has 7 nitrogen and oxygen atoms in total. The average molecular weight is 372 g/mol. The van der Waals surface area contributed by atoms with Gasteiger partial charge in [-0.2, -0.15) is 0 Å². The van der Waals surface area contributed by atoms with Gasteiger partial charge in [-0.1, -0.05) is 6.07 Å². The van der Waals surface area contributed by atoms with Gasteiger partial charge in [-0.25, -0.2) is 8.42 Å². The summed E-state index contributed by atoms with van der Waals surface area (Å²) in [4.78, 5) is 10.2. The molecule has 2 rings (SSSR count). The van der Waals surface area contributed by atoms with Gasteiger partial charge in [0.25, 0.3) is 15.7 Å². The molecule has 110 valence electrons. The first-order valence-corrected chi connectivity index (χ1v) is 7.89. The zero-order valence-corrected chi connectivity index (χ0v) is 12.9. The monoisotopic (exact) mass is 371 g/mol. The predicted octanol–water partition coefficient (Wildman–Crippen LogP) is 2.74. The third-order valence-electron chi connectivity index (χ3n) is 2.56. The standard InChI is InChI=1S/C12H10BrN3O4S/c13-11-5-4-9(7-12(11)16(17)18)15-21(19,20)10-3-1-2-8(14)6-10/h1-7,15H,14H2. The maximum Gasteiger partial charge on any atom is 0.285 e. The van der Waals surface area contributed by atoms with E-state index in [4.69, 9.17) is 5.73 Å². The number of sulfonamides is 1. The normalized spacial score (nSPS) is 11.1. The van der Waals surface area contributed by atoms with E-state index in [1.165, 1.54) is 30.3 Å². The van der Waals surface area contributed by atoms with Crippen LogP contribution in [0.1, 0.15) is 0 Å². The number of nitrogens with two attached hydrogens (primary N) is 1. The van der Waals surface area contributed by atoms with E-state index >= 15 is 0 Å². The molecule has 0 saturated carbocycles. The van der Waals surface area contributed by atoms with E-state index in [0.29, 0.717) is 5.69 Å². The Hall–Kier alpha value is -2.13. The first-order valence-electron chi connectivity index (χ1n) is 5.62. The second-order valence-electron chi connectivity index (χ2n) is 4.10. The lowest BCUT2D eigenvalue weighted by molar-refractivity contribution is -0.385. The number of hydrogen-bond donors (Lipinski definition) is 2. The van der Waals surface area contributed by atoms with Gasteiger partial charge in [0.1, 0.15) is 0 Å². The maximum atomic E-state index is 12.2. The topological polar surface area (TPSA) is 115 Å². The number of nitrogens with zero attached hydrogens (tertiary/aromatic N) is 1. The summed E-state index contributed by atoms with van der Waals surface area (Å²) in [6.45, 7) is 0. The van der Waals surface area contributed by atoms with Crippen LogP contribution in [0.15, 0.2) is 51.8 Å². The minimum absolute atomic E-state index is 0.0203. The summed E-state index contributed by atoms with van der Waals surface area (Å²) in [6.07, 6.45) is 0. The van der Waals surface area contributed by atoms with Crippen LogP contribution in [-0.4, -0.2) is 13.3 Å². The molecular weight excluding hydrogens is 362 g/mol. The van der Waals surface area contributed by atoms with Gasteiger partial charge in [-0.3, -0.25) is 14.8 Å². The molecule has 0 heterocycles. The molecule has 2 aromatic rings. The highest BCUT2D eigenvalue weighted by Gasteiger charge is 2.18. The van der Waals surface area contributed by atoms with Gasteiger partial charge >= 0.3 is 0 Å². The molecule has 0 unspecified atom stereocenters. The molecule has 0 saturated heterocycles. The largest absolute Gasteiger partial charge is 0.399 e. The second-order valence-corrected chi connectivity index (χ2v) is 6.64. The molecule has 0 aliphatic heterocycles. The van der Waals surface area contributed by atoms with Crippen molar-refractivity contribution < 1.29 is 13.3 Å². The molecule has 2 aromatic carbocycles. The van der Waals surface area contributed by atoms with E-state index in [0.717, 1.165) is 6.07 Å². The molecule has 21 heavy (non-hydrogen) atoms. The van der Waals surface area contributed by atoms with Gasteiger partial charge in [-0.05, 0) is 46.3 Å². The highest BCUT2D eigenvalue weighted by Crippen LogP contribution is 2.29. The minimum Gasteiger partial charge on any atom is -0.399 e. The zero-order valence-electron chi connectivity index (χ0n) is 10.5. The molecule has 0 aromatic heterocycles. The minimum atomic E-state index is -3.86. The lowest BCUT2D eigenvalue weighted by Gasteiger charge is -2.08. The van der Waals surface area contributed by atoms with Crippen LogP contribution in [0, 0.1) is 10.1 Å². The van der Waals surface area contributed by atoms with Crippen molar-refractivity contribution in [3.05, 3.63) is 57.1 Å². The molecule has 0 atom stereocenters. The van der Waals surface area contributed by atoms with E-state index < -0.39 is 14.9 Å². The van der Waals surface area contributed by atoms with Crippen LogP contribution < -0.4 is 10.5 Å². The van der Waals surface area contributed by atoms with Crippen molar-refractivity contribution >= 4 is 43.0 Å². The van der Waals surface area contributed by atoms with E-state index in [-0.39, 0.29) is 20.7 Å². The SMILES string of the molecule is Nc1cccc(S(=O)(=O)Nc2ccc(Br)c([N+](=O)[O-])c2)c1. The zero-order chi connectivity index (χ0) is 15.6. The highest BCUT2D eigenvalue weighted by molar-refractivity contribution is 9.10. The van der Waals surface area contributed by atoms with Crippen LogP contribution in [0.4, 0.5) is 17.1 Å². The van der Waals surface area contributed by atoms with Crippen LogP contribution in [-0.2, 0) is 10.0 Å². The third-order valence-corrected chi connectivity index (χ3v) is 4.61. The quantitative estimate of drug-likeness (QED) is 0.486. The second kappa shape index (κ2) is 5.70. The number of nitrogen functional groups attached to an aromatic ring is 1. The average Bonchev–Trinajstić information content (AvgIpc) is 2.40. The number of nitro groups is 1. The molecule has 0 radical (unpaired) electrons. The van der Waals surface area contributed by atoms with Crippen molar-refractivity contribution in [2.45, 2.75) is 4.90 Å². The molecule has 0 aliphatic carbocycles. The van der Waals surface area contributed by atoms with Crippen molar-refractivity contribution in [3.8, 4) is 0 Å². The fourth-order valence-corrected chi connectivity index (χ4v) is 3.11. The summed E-state index contributed by atoms with van der Waals surface area (Å²) < 4.78 is 26.9. The molecule has 0 aliphatic rings. The first-order chi connectivity index (χ1) is 9.79. The van der Waals surface area contributed by atoms with Crippen LogP contribution in [0.25, 0.3) is 0 Å². The first kappa shape index (κ1) is 15.3. The van der Waals surface area contributed by atoms with E-state index in [2.05, 4.69) is 20.7 Å². The number of nitro benzene ring substituents is 1. The molecular formula is C12H10BrN3O4S. The van der Waals surface area contributed by atoms with Gasteiger partial charge in [0, 0.05) is 11.8 Å². The summed E-state index contributed by atoms with van der Waals surface area (Å²) in [5.74, 6) is 0. The Bertz CT molecular complexity index is 808. The lowest BCUT2D eigenvalue weighted by atomic mass is 10.3. The Labute approximate surface area is 129 Å².